The lowest BCUT2D eigenvalue weighted by Gasteiger charge is -2.42. The minimum absolute atomic E-state index is 0.208. The van der Waals surface area contributed by atoms with Crippen molar-refractivity contribution in [3.05, 3.63) is 64.7 Å². The van der Waals surface area contributed by atoms with E-state index in [2.05, 4.69) is 27.2 Å². The molecule has 2 aromatic rings. The molecule has 2 saturated heterocycles. The van der Waals surface area contributed by atoms with Crippen LogP contribution in [0.5, 0.6) is 0 Å². The summed E-state index contributed by atoms with van der Waals surface area (Å²) in [4.78, 5) is 17.0. The Bertz CT molecular complexity index is 801. The SMILES string of the molecule is O=C(Nc1ccc(CN2CCN(C3COC3)CC2)cc1)OCc1ccc(Cl)cc1. The van der Waals surface area contributed by atoms with Gasteiger partial charge in [0.25, 0.3) is 0 Å². The van der Waals surface area contributed by atoms with E-state index >= 15 is 0 Å². The van der Waals surface area contributed by atoms with Crippen LogP contribution >= 0.6 is 11.6 Å². The summed E-state index contributed by atoms with van der Waals surface area (Å²) in [5.41, 5.74) is 2.86. The topological polar surface area (TPSA) is 54.0 Å². The number of piperazine rings is 1. The molecule has 0 bridgehead atoms. The molecule has 0 saturated carbocycles. The van der Waals surface area contributed by atoms with Gasteiger partial charge in [0, 0.05) is 43.4 Å². The molecule has 7 heteroatoms. The first-order valence-electron chi connectivity index (χ1n) is 9.97. The first-order valence-corrected chi connectivity index (χ1v) is 10.3. The van der Waals surface area contributed by atoms with E-state index in [0.717, 1.165) is 57.2 Å². The minimum Gasteiger partial charge on any atom is -0.444 e. The standard InChI is InChI=1S/C22H26ClN3O3/c23-19-5-1-18(2-6-19)14-29-22(27)24-20-7-3-17(4-8-20)13-25-9-11-26(12-10-25)21-15-28-16-21/h1-8,21H,9-16H2,(H,24,27). The van der Waals surface area contributed by atoms with Crippen molar-refractivity contribution in [2.75, 3.05) is 44.7 Å². The number of carbonyl (C=O) groups is 1. The van der Waals surface area contributed by atoms with E-state index in [4.69, 9.17) is 21.1 Å². The van der Waals surface area contributed by atoms with Gasteiger partial charge >= 0.3 is 6.09 Å². The molecular weight excluding hydrogens is 390 g/mol. The number of hydrogen-bond acceptors (Lipinski definition) is 5. The fraction of sp³-hybridized carbons (Fsp3) is 0.409. The molecule has 2 aliphatic heterocycles. The summed E-state index contributed by atoms with van der Waals surface area (Å²) < 4.78 is 10.5. The Morgan fingerprint density at radius 3 is 2.28 bits per heavy atom. The van der Waals surface area contributed by atoms with E-state index in [9.17, 15) is 4.79 Å². The average Bonchev–Trinajstić information content (AvgIpc) is 2.69. The second-order valence-corrected chi connectivity index (χ2v) is 7.96. The van der Waals surface area contributed by atoms with E-state index in [1.165, 1.54) is 5.56 Å². The molecule has 154 valence electrons. The van der Waals surface area contributed by atoms with Gasteiger partial charge < -0.3 is 9.47 Å². The van der Waals surface area contributed by atoms with Gasteiger partial charge in [-0.15, -0.1) is 0 Å². The monoisotopic (exact) mass is 415 g/mol. The highest BCUT2D eigenvalue weighted by Crippen LogP contribution is 2.17. The summed E-state index contributed by atoms with van der Waals surface area (Å²) in [6, 6.07) is 15.8. The van der Waals surface area contributed by atoms with Crippen molar-refractivity contribution in [2.45, 2.75) is 19.2 Å². The Balaban J connectivity index is 1.19. The molecule has 0 radical (unpaired) electrons. The molecule has 1 N–H and O–H groups in total. The molecule has 0 atom stereocenters. The molecule has 0 spiro atoms. The van der Waals surface area contributed by atoms with Crippen molar-refractivity contribution in [1.82, 2.24) is 9.80 Å². The molecule has 1 amide bonds. The van der Waals surface area contributed by atoms with Gasteiger partial charge in [-0.25, -0.2) is 4.79 Å². The third-order valence-electron chi connectivity index (χ3n) is 5.43. The van der Waals surface area contributed by atoms with Gasteiger partial charge in [-0.3, -0.25) is 15.1 Å². The lowest BCUT2D eigenvalue weighted by atomic mass is 10.1. The maximum absolute atomic E-state index is 12.0. The second-order valence-electron chi connectivity index (χ2n) is 7.53. The van der Waals surface area contributed by atoms with Crippen LogP contribution in [0.25, 0.3) is 0 Å². The Morgan fingerprint density at radius 1 is 1.00 bits per heavy atom. The number of anilines is 1. The molecule has 0 aromatic heterocycles. The van der Waals surface area contributed by atoms with Crippen LogP contribution in [0.2, 0.25) is 5.02 Å². The summed E-state index contributed by atoms with van der Waals surface area (Å²) in [6.45, 7) is 7.27. The van der Waals surface area contributed by atoms with Gasteiger partial charge in [0.2, 0.25) is 0 Å². The van der Waals surface area contributed by atoms with Crippen LogP contribution in [-0.4, -0.2) is 61.3 Å². The largest absolute Gasteiger partial charge is 0.444 e. The second kappa shape index (κ2) is 9.59. The van der Waals surface area contributed by atoms with Gasteiger partial charge in [-0.1, -0.05) is 35.9 Å². The Morgan fingerprint density at radius 2 is 1.66 bits per heavy atom. The minimum atomic E-state index is -0.469. The highest BCUT2D eigenvalue weighted by molar-refractivity contribution is 6.30. The van der Waals surface area contributed by atoms with Crippen molar-refractivity contribution in [3.8, 4) is 0 Å². The van der Waals surface area contributed by atoms with Crippen molar-refractivity contribution in [3.63, 3.8) is 0 Å². The Kier molecular flexibility index (Phi) is 6.67. The lowest BCUT2D eigenvalue weighted by molar-refractivity contribution is -0.0774. The van der Waals surface area contributed by atoms with Gasteiger partial charge in [0.05, 0.1) is 19.3 Å². The Labute approximate surface area is 176 Å². The molecule has 6 nitrogen and oxygen atoms in total. The number of carbonyl (C=O) groups excluding carboxylic acids is 1. The number of halogens is 1. The summed E-state index contributed by atoms with van der Waals surface area (Å²) >= 11 is 5.85. The highest BCUT2D eigenvalue weighted by Gasteiger charge is 2.28. The number of nitrogens with zero attached hydrogens (tertiary/aromatic N) is 2. The van der Waals surface area contributed by atoms with Crippen molar-refractivity contribution in [1.29, 1.82) is 0 Å². The van der Waals surface area contributed by atoms with Crippen LogP contribution in [0.4, 0.5) is 10.5 Å². The quantitative estimate of drug-likeness (QED) is 0.781. The van der Waals surface area contributed by atoms with Gasteiger partial charge in [0.1, 0.15) is 6.61 Å². The number of benzene rings is 2. The van der Waals surface area contributed by atoms with Crippen LogP contribution < -0.4 is 5.32 Å². The van der Waals surface area contributed by atoms with E-state index in [0.29, 0.717) is 11.1 Å². The van der Waals surface area contributed by atoms with Crippen LogP contribution in [0.15, 0.2) is 48.5 Å². The summed E-state index contributed by atoms with van der Waals surface area (Å²) in [7, 11) is 0. The smallest absolute Gasteiger partial charge is 0.411 e. The lowest BCUT2D eigenvalue weighted by Crippen LogP contribution is -2.56. The number of amides is 1. The third kappa shape index (κ3) is 5.70. The predicted molar refractivity (Wildman–Crippen MR) is 113 cm³/mol. The van der Waals surface area contributed by atoms with Crippen LogP contribution in [0, 0.1) is 0 Å². The van der Waals surface area contributed by atoms with Crippen molar-refractivity contribution in [2.24, 2.45) is 0 Å². The Hall–Kier alpha value is -2.12. The summed E-state index contributed by atoms with van der Waals surface area (Å²) in [6.07, 6.45) is -0.469. The first kappa shape index (κ1) is 20.2. The zero-order valence-electron chi connectivity index (χ0n) is 16.4. The van der Waals surface area contributed by atoms with Crippen LogP contribution in [-0.2, 0) is 22.6 Å². The number of nitrogens with one attached hydrogen (secondary N) is 1. The van der Waals surface area contributed by atoms with Crippen LogP contribution in [0.1, 0.15) is 11.1 Å². The third-order valence-corrected chi connectivity index (χ3v) is 5.69. The zero-order chi connectivity index (χ0) is 20.1. The molecule has 4 rings (SSSR count). The van der Waals surface area contributed by atoms with Crippen LogP contribution in [0.3, 0.4) is 0 Å². The highest BCUT2D eigenvalue weighted by atomic mass is 35.5. The maximum Gasteiger partial charge on any atom is 0.411 e. The fourth-order valence-electron chi connectivity index (χ4n) is 3.56. The molecule has 0 unspecified atom stereocenters. The van der Waals surface area contributed by atoms with E-state index in [1.807, 2.05) is 24.3 Å². The summed E-state index contributed by atoms with van der Waals surface area (Å²) in [5, 5.41) is 3.43. The number of hydrogen-bond donors (Lipinski definition) is 1. The molecular formula is C22H26ClN3O3. The van der Waals surface area contributed by atoms with Gasteiger partial charge in [-0.05, 0) is 35.4 Å². The van der Waals surface area contributed by atoms with Gasteiger partial charge in [0.15, 0.2) is 0 Å². The maximum atomic E-state index is 12.0. The number of rotatable bonds is 6. The number of ether oxygens (including phenoxy) is 2. The molecule has 2 heterocycles. The van der Waals surface area contributed by atoms with E-state index in [-0.39, 0.29) is 6.61 Å². The van der Waals surface area contributed by atoms with E-state index < -0.39 is 6.09 Å². The van der Waals surface area contributed by atoms with Crippen molar-refractivity contribution >= 4 is 23.4 Å². The van der Waals surface area contributed by atoms with Crippen molar-refractivity contribution < 1.29 is 14.3 Å². The molecule has 2 fully saturated rings. The van der Waals surface area contributed by atoms with Gasteiger partial charge in [-0.2, -0.15) is 0 Å². The summed E-state index contributed by atoms with van der Waals surface area (Å²) in [5.74, 6) is 0. The molecule has 2 aromatic carbocycles. The first-order chi connectivity index (χ1) is 14.2. The molecule has 2 aliphatic rings. The van der Waals surface area contributed by atoms with E-state index in [1.54, 1.807) is 12.1 Å². The fourth-order valence-corrected chi connectivity index (χ4v) is 3.68. The average molecular weight is 416 g/mol. The molecule has 29 heavy (non-hydrogen) atoms. The zero-order valence-corrected chi connectivity index (χ0v) is 17.1. The molecule has 0 aliphatic carbocycles. The normalized spacial score (nSPS) is 18.2. The predicted octanol–water partition coefficient (Wildman–Crippen LogP) is 3.61.